The molecule has 0 aliphatic rings. The Morgan fingerprint density at radius 3 is 2.03 bits per heavy atom. The Bertz CT molecular complexity index is 1350. The van der Waals surface area contributed by atoms with Crippen molar-refractivity contribution in [3.8, 4) is 22.5 Å². The summed E-state index contributed by atoms with van der Waals surface area (Å²) in [5, 5.41) is 0. The highest BCUT2D eigenvalue weighted by Crippen LogP contribution is 2.30. The van der Waals surface area contributed by atoms with Crippen molar-refractivity contribution in [1.82, 2.24) is 19.9 Å². The van der Waals surface area contributed by atoms with Crippen LogP contribution in [0.1, 0.15) is 32.2 Å². The topological polar surface area (TPSA) is 57.4 Å². The first-order valence-electron chi connectivity index (χ1n) is 9.94. The fraction of sp³-hybridized carbons (Fsp3) is 0.200. The number of hydrogen-bond donors (Lipinski definition) is 2. The highest BCUT2D eigenvalue weighted by molar-refractivity contribution is 5.87. The van der Waals surface area contributed by atoms with Crippen LogP contribution in [0, 0.1) is 6.92 Å². The predicted molar refractivity (Wildman–Crippen MR) is 120 cm³/mol. The number of nitrogens with zero attached hydrogens (tertiary/aromatic N) is 2. The van der Waals surface area contributed by atoms with Crippen LogP contribution in [0.3, 0.4) is 0 Å². The molecule has 0 amide bonds. The van der Waals surface area contributed by atoms with Crippen molar-refractivity contribution in [3.05, 3.63) is 72.1 Å². The van der Waals surface area contributed by atoms with Gasteiger partial charge in [-0.1, -0.05) is 51.1 Å². The molecule has 0 atom stereocenters. The molecule has 0 unspecified atom stereocenters. The van der Waals surface area contributed by atoms with E-state index in [0.717, 1.165) is 50.4 Å². The van der Waals surface area contributed by atoms with E-state index in [4.69, 9.17) is 4.98 Å². The lowest BCUT2D eigenvalue weighted by atomic mass is 9.86. The molecule has 0 spiro atoms. The summed E-state index contributed by atoms with van der Waals surface area (Å²) in [6.07, 6.45) is 0. The van der Waals surface area contributed by atoms with Crippen molar-refractivity contribution in [2.24, 2.45) is 0 Å². The van der Waals surface area contributed by atoms with Crippen LogP contribution in [0.4, 0.5) is 0 Å². The highest BCUT2D eigenvalue weighted by Gasteiger charge is 2.15. The molecule has 2 N–H and O–H groups in total. The van der Waals surface area contributed by atoms with Crippen LogP contribution in [-0.4, -0.2) is 19.9 Å². The fourth-order valence-electron chi connectivity index (χ4n) is 3.78. The van der Waals surface area contributed by atoms with Crippen LogP contribution in [0.2, 0.25) is 0 Å². The minimum atomic E-state index is 0.110. The van der Waals surface area contributed by atoms with Crippen LogP contribution in [0.5, 0.6) is 0 Å². The van der Waals surface area contributed by atoms with Gasteiger partial charge in [0, 0.05) is 5.56 Å². The molecule has 3 aromatic carbocycles. The van der Waals surface area contributed by atoms with E-state index in [1.807, 2.05) is 6.92 Å². The molecule has 0 fully saturated rings. The largest absolute Gasteiger partial charge is 0.342 e. The lowest BCUT2D eigenvalue weighted by Gasteiger charge is -2.19. The number of aromatic amines is 2. The minimum absolute atomic E-state index is 0.110. The SMILES string of the molecule is Cc1nc2ccc(-c3ccc4nc(-c5cccc(C(C)(C)C)c5)[nH]c4c3)cc2[nH]1. The predicted octanol–water partition coefficient (Wildman–Crippen LogP) is 6.38. The summed E-state index contributed by atoms with van der Waals surface area (Å²) < 4.78 is 0. The first-order valence-corrected chi connectivity index (χ1v) is 9.94. The van der Waals surface area contributed by atoms with Gasteiger partial charge in [-0.05, 0) is 59.4 Å². The first kappa shape index (κ1) is 17.7. The van der Waals surface area contributed by atoms with Crippen molar-refractivity contribution in [3.63, 3.8) is 0 Å². The van der Waals surface area contributed by atoms with E-state index in [1.165, 1.54) is 5.56 Å². The third-order valence-corrected chi connectivity index (χ3v) is 5.42. The molecule has 2 heterocycles. The molecule has 0 radical (unpaired) electrons. The molecule has 0 aliphatic carbocycles. The van der Waals surface area contributed by atoms with Crippen molar-refractivity contribution in [2.75, 3.05) is 0 Å². The van der Waals surface area contributed by atoms with E-state index < -0.39 is 0 Å². The van der Waals surface area contributed by atoms with Crippen LogP contribution < -0.4 is 0 Å². The van der Waals surface area contributed by atoms with Crippen molar-refractivity contribution in [1.29, 1.82) is 0 Å². The maximum Gasteiger partial charge on any atom is 0.138 e. The van der Waals surface area contributed by atoms with Gasteiger partial charge in [0.1, 0.15) is 11.6 Å². The average molecular weight is 380 g/mol. The summed E-state index contributed by atoms with van der Waals surface area (Å²) in [5.41, 5.74) is 8.92. The van der Waals surface area contributed by atoms with Crippen molar-refractivity contribution < 1.29 is 0 Å². The fourth-order valence-corrected chi connectivity index (χ4v) is 3.78. The number of aromatic nitrogens is 4. The Labute approximate surface area is 170 Å². The lowest BCUT2D eigenvalue weighted by Crippen LogP contribution is -2.10. The number of hydrogen-bond acceptors (Lipinski definition) is 2. The van der Waals surface area contributed by atoms with E-state index in [-0.39, 0.29) is 5.41 Å². The van der Waals surface area contributed by atoms with Gasteiger partial charge in [-0.2, -0.15) is 0 Å². The van der Waals surface area contributed by atoms with Gasteiger partial charge in [0.15, 0.2) is 0 Å². The van der Waals surface area contributed by atoms with Crippen LogP contribution in [0.15, 0.2) is 60.7 Å². The van der Waals surface area contributed by atoms with E-state index in [9.17, 15) is 0 Å². The third-order valence-electron chi connectivity index (χ3n) is 5.42. The van der Waals surface area contributed by atoms with E-state index in [1.54, 1.807) is 0 Å². The standard InChI is InChI=1S/C25H24N4/c1-15-26-20-10-8-16(13-22(20)27-15)17-9-11-21-23(14-17)29-24(28-21)18-6-5-7-19(12-18)25(2,3)4/h5-14H,1-4H3,(H,26,27)(H,28,29). The summed E-state index contributed by atoms with van der Waals surface area (Å²) >= 11 is 0. The van der Waals surface area contributed by atoms with E-state index in [2.05, 4.69) is 96.4 Å². The molecule has 144 valence electrons. The summed E-state index contributed by atoms with van der Waals surface area (Å²) in [6.45, 7) is 8.67. The molecule has 0 bridgehead atoms. The number of rotatable bonds is 2. The lowest BCUT2D eigenvalue weighted by molar-refractivity contribution is 0.590. The number of nitrogens with one attached hydrogen (secondary N) is 2. The molecular formula is C25H24N4. The molecular weight excluding hydrogens is 356 g/mol. The van der Waals surface area contributed by atoms with Gasteiger partial charge < -0.3 is 9.97 Å². The van der Waals surface area contributed by atoms with Gasteiger partial charge >= 0.3 is 0 Å². The Morgan fingerprint density at radius 1 is 0.690 bits per heavy atom. The Kier molecular flexibility index (Phi) is 3.85. The summed E-state index contributed by atoms with van der Waals surface area (Å²) in [5.74, 6) is 1.84. The van der Waals surface area contributed by atoms with Gasteiger partial charge in [0.2, 0.25) is 0 Å². The Balaban J connectivity index is 1.56. The number of benzene rings is 3. The maximum atomic E-state index is 4.82. The van der Waals surface area contributed by atoms with Gasteiger partial charge in [-0.25, -0.2) is 9.97 Å². The Hall–Kier alpha value is -3.40. The summed E-state index contributed by atoms with van der Waals surface area (Å²) in [7, 11) is 0. The molecule has 4 heteroatoms. The minimum Gasteiger partial charge on any atom is -0.342 e. The monoisotopic (exact) mass is 380 g/mol. The number of fused-ring (bicyclic) bond motifs is 2. The number of aryl methyl sites for hydroxylation is 1. The second-order valence-corrected chi connectivity index (χ2v) is 8.70. The molecule has 5 aromatic rings. The molecule has 5 rings (SSSR count). The molecule has 0 saturated heterocycles. The van der Waals surface area contributed by atoms with Crippen molar-refractivity contribution in [2.45, 2.75) is 33.1 Å². The second-order valence-electron chi connectivity index (χ2n) is 8.70. The summed E-state index contributed by atoms with van der Waals surface area (Å²) in [4.78, 5) is 16.1. The molecule has 29 heavy (non-hydrogen) atoms. The highest BCUT2D eigenvalue weighted by atomic mass is 14.9. The quantitative estimate of drug-likeness (QED) is 0.373. The van der Waals surface area contributed by atoms with Crippen LogP contribution in [0.25, 0.3) is 44.6 Å². The molecule has 4 nitrogen and oxygen atoms in total. The number of H-pyrrole nitrogens is 2. The number of imidazole rings is 2. The third kappa shape index (κ3) is 3.21. The first-order chi connectivity index (χ1) is 13.9. The van der Waals surface area contributed by atoms with Gasteiger partial charge in [-0.3, -0.25) is 0 Å². The van der Waals surface area contributed by atoms with Gasteiger partial charge in [0.25, 0.3) is 0 Å². The normalized spacial score (nSPS) is 12.1. The average Bonchev–Trinajstić information content (AvgIpc) is 3.28. The van der Waals surface area contributed by atoms with Crippen molar-refractivity contribution >= 4 is 22.1 Å². The van der Waals surface area contributed by atoms with Gasteiger partial charge in [0.05, 0.1) is 22.1 Å². The van der Waals surface area contributed by atoms with Crippen LogP contribution >= 0.6 is 0 Å². The molecule has 0 aliphatic heterocycles. The van der Waals surface area contributed by atoms with Crippen LogP contribution in [-0.2, 0) is 5.41 Å². The maximum absolute atomic E-state index is 4.82. The Morgan fingerprint density at radius 2 is 1.34 bits per heavy atom. The second kappa shape index (κ2) is 6.31. The van der Waals surface area contributed by atoms with Gasteiger partial charge in [-0.15, -0.1) is 0 Å². The van der Waals surface area contributed by atoms with E-state index in [0.29, 0.717) is 0 Å². The molecule has 0 saturated carbocycles. The zero-order valence-electron chi connectivity index (χ0n) is 17.2. The molecule has 2 aromatic heterocycles. The summed E-state index contributed by atoms with van der Waals surface area (Å²) in [6, 6.07) is 21.3. The smallest absolute Gasteiger partial charge is 0.138 e. The van der Waals surface area contributed by atoms with E-state index >= 15 is 0 Å². The zero-order valence-corrected chi connectivity index (χ0v) is 17.2. The zero-order chi connectivity index (χ0) is 20.2.